The topological polar surface area (TPSA) is 122 Å². The van der Waals surface area contributed by atoms with Gasteiger partial charge in [-0.3, -0.25) is 25.8 Å². The van der Waals surface area contributed by atoms with Crippen LogP contribution in [-0.2, 0) is 0 Å². The Labute approximate surface area is 130 Å². The zero-order valence-corrected chi connectivity index (χ0v) is 12.0. The summed E-state index contributed by atoms with van der Waals surface area (Å²) in [5.41, 5.74) is 3.86. The van der Waals surface area contributed by atoms with Gasteiger partial charge in [0.1, 0.15) is 12.1 Å². The van der Waals surface area contributed by atoms with Crippen LogP contribution in [0.3, 0.4) is 0 Å². The van der Waals surface area contributed by atoms with Gasteiger partial charge in [0.25, 0.3) is 5.91 Å². The van der Waals surface area contributed by atoms with Crippen LogP contribution in [0.1, 0.15) is 17.3 Å². The third kappa shape index (κ3) is 3.67. The van der Waals surface area contributed by atoms with Crippen LogP contribution in [0, 0.1) is 15.9 Å². The molecule has 0 aliphatic rings. The summed E-state index contributed by atoms with van der Waals surface area (Å²) < 4.78 is 13.5. The van der Waals surface area contributed by atoms with Crippen molar-refractivity contribution >= 4 is 23.2 Å². The van der Waals surface area contributed by atoms with Crippen molar-refractivity contribution in [2.45, 2.75) is 6.92 Å². The maximum atomic E-state index is 13.5. The van der Waals surface area contributed by atoms with Gasteiger partial charge >= 0.3 is 5.69 Å². The number of amides is 1. The summed E-state index contributed by atoms with van der Waals surface area (Å²) in [6.07, 6.45) is 1.10. The van der Waals surface area contributed by atoms with Gasteiger partial charge in [0.05, 0.1) is 10.5 Å². The molecule has 0 unspecified atom stereocenters. The van der Waals surface area contributed by atoms with Crippen molar-refractivity contribution in [3.63, 3.8) is 0 Å². The fourth-order valence-corrected chi connectivity index (χ4v) is 1.77. The first-order chi connectivity index (χ1) is 11.0. The molecule has 1 aromatic heterocycles. The number of carbonyl (C=O) groups excluding carboxylic acids is 1. The Morgan fingerprint density at radius 3 is 2.65 bits per heavy atom. The molecule has 23 heavy (non-hydrogen) atoms. The fourth-order valence-electron chi connectivity index (χ4n) is 1.77. The van der Waals surface area contributed by atoms with E-state index in [0.717, 1.165) is 12.4 Å². The number of carbonyl (C=O) groups is 1. The lowest BCUT2D eigenvalue weighted by Gasteiger charge is -2.10. The Kier molecular flexibility index (Phi) is 4.97. The van der Waals surface area contributed by atoms with Crippen molar-refractivity contribution < 1.29 is 14.1 Å². The number of nitro groups is 1. The largest absolute Gasteiger partial charge is 0.364 e. The molecule has 0 atom stereocenters. The number of aromatic nitrogens is 2. The predicted molar refractivity (Wildman–Crippen MR) is 80.3 cm³/mol. The van der Waals surface area contributed by atoms with E-state index in [1.54, 1.807) is 6.92 Å². The molecule has 3 N–H and O–H groups in total. The van der Waals surface area contributed by atoms with Crippen LogP contribution in [0.2, 0.25) is 0 Å². The van der Waals surface area contributed by atoms with E-state index in [0.29, 0.717) is 6.54 Å². The van der Waals surface area contributed by atoms with Gasteiger partial charge in [-0.25, -0.2) is 14.4 Å². The second-order valence-corrected chi connectivity index (χ2v) is 4.27. The standard InChI is InChI=1S/C13H13FN6O3/c1-2-15-11-10(20(22)23)12(17-7-16-11)18-19-13(21)8-5-3-4-6-9(8)14/h3-7H,2H2,1H3,(H,19,21)(H2,15,16,17,18). The highest BCUT2D eigenvalue weighted by Crippen LogP contribution is 2.28. The number of hydrazine groups is 1. The Morgan fingerprint density at radius 2 is 2.00 bits per heavy atom. The van der Waals surface area contributed by atoms with Gasteiger partial charge in [-0.05, 0) is 19.1 Å². The molecule has 2 aromatic rings. The molecule has 0 bridgehead atoms. The molecular weight excluding hydrogens is 307 g/mol. The molecule has 0 saturated carbocycles. The average molecular weight is 320 g/mol. The zero-order chi connectivity index (χ0) is 16.8. The molecule has 0 radical (unpaired) electrons. The second-order valence-electron chi connectivity index (χ2n) is 4.27. The van der Waals surface area contributed by atoms with E-state index in [9.17, 15) is 19.3 Å². The summed E-state index contributed by atoms with van der Waals surface area (Å²) >= 11 is 0. The number of rotatable bonds is 6. The first-order valence-electron chi connectivity index (χ1n) is 6.58. The van der Waals surface area contributed by atoms with Crippen molar-refractivity contribution in [2.24, 2.45) is 0 Å². The van der Waals surface area contributed by atoms with Gasteiger partial charge < -0.3 is 5.32 Å². The number of nitrogens with zero attached hydrogens (tertiary/aromatic N) is 3. The van der Waals surface area contributed by atoms with Crippen LogP contribution in [0.25, 0.3) is 0 Å². The minimum Gasteiger partial charge on any atom is -0.364 e. The van der Waals surface area contributed by atoms with Crippen LogP contribution >= 0.6 is 0 Å². The van der Waals surface area contributed by atoms with Crippen LogP contribution < -0.4 is 16.2 Å². The van der Waals surface area contributed by atoms with Crippen LogP contribution in [-0.4, -0.2) is 27.3 Å². The highest BCUT2D eigenvalue weighted by molar-refractivity contribution is 5.95. The van der Waals surface area contributed by atoms with Crippen molar-refractivity contribution in [2.75, 3.05) is 17.3 Å². The first-order valence-corrected chi connectivity index (χ1v) is 6.58. The Bertz CT molecular complexity index is 739. The minimum absolute atomic E-state index is 0.00939. The molecule has 1 aromatic carbocycles. The lowest BCUT2D eigenvalue weighted by Crippen LogP contribution is -2.31. The SMILES string of the molecule is CCNc1ncnc(NNC(=O)c2ccccc2F)c1[N+](=O)[O-]. The van der Waals surface area contributed by atoms with E-state index in [1.165, 1.54) is 18.2 Å². The number of benzene rings is 1. The molecule has 10 heteroatoms. The highest BCUT2D eigenvalue weighted by Gasteiger charge is 2.23. The van der Waals surface area contributed by atoms with Gasteiger partial charge in [0.15, 0.2) is 0 Å². The van der Waals surface area contributed by atoms with Gasteiger partial charge in [0.2, 0.25) is 11.6 Å². The predicted octanol–water partition coefficient (Wildman–Crippen LogP) is 1.71. The summed E-state index contributed by atoms with van der Waals surface area (Å²) in [5.74, 6) is -1.71. The zero-order valence-electron chi connectivity index (χ0n) is 12.0. The quantitative estimate of drug-likeness (QED) is 0.547. The highest BCUT2D eigenvalue weighted by atomic mass is 19.1. The van der Waals surface area contributed by atoms with E-state index in [-0.39, 0.29) is 17.2 Å². The van der Waals surface area contributed by atoms with Crippen molar-refractivity contribution in [3.8, 4) is 0 Å². The molecular formula is C13H13FN6O3. The van der Waals surface area contributed by atoms with Crippen molar-refractivity contribution in [1.82, 2.24) is 15.4 Å². The monoisotopic (exact) mass is 320 g/mol. The molecule has 120 valence electrons. The Hall–Kier alpha value is -3.30. The summed E-state index contributed by atoms with van der Waals surface area (Å²) in [5, 5.41) is 13.9. The van der Waals surface area contributed by atoms with Crippen molar-refractivity contribution in [3.05, 3.63) is 52.1 Å². The molecule has 1 amide bonds. The normalized spacial score (nSPS) is 10.0. The molecule has 2 rings (SSSR count). The van der Waals surface area contributed by atoms with Crippen LogP contribution in [0.15, 0.2) is 30.6 Å². The molecule has 0 aliphatic heterocycles. The van der Waals surface area contributed by atoms with Crippen molar-refractivity contribution in [1.29, 1.82) is 0 Å². The minimum atomic E-state index is -0.791. The van der Waals surface area contributed by atoms with Crippen LogP contribution in [0.5, 0.6) is 0 Å². The number of hydrogen-bond acceptors (Lipinski definition) is 7. The Balaban J connectivity index is 2.20. The van der Waals surface area contributed by atoms with E-state index < -0.39 is 22.3 Å². The lowest BCUT2D eigenvalue weighted by molar-refractivity contribution is -0.383. The summed E-state index contributed by atoms with van der Waals surface area (Å²) in [7, 11) is 0. The maximum Gasteiger partial charge on any atom is 0.354 e. The molecule has 1 heterocycles. The summed E-state index contributed by atoms with van der Waals surface area (Å²) in [6.45, 7) is 2.16. The fraction of sp³-hybridized carbons (Fsp3) is 0.154. The van der Waals surface area contributed by atoms with Gasteiger partial charge in [-0.2, -0.15) is 0 Å². The molecule has 0 aliphatic carbocycles. The summed E-state index contributed by atoms with van der Waals surface area (Å²) in [6, 6.07) is 5.35. The van der Waals surface area contributed by atoms with E-state index >= 15 is 0 Å². The third-order valence-corrected chi connectivity index (χ3v) is 2.76. The first kappa shape index (κ1) is 16.1. The molecule has 0 saturated heterocycles. The molecule has 0 fully saturated rings. The average Bonchev–Trinajstić information content (AvgIpc) is 2.53. The molecule has 0 spiro atoms. The van der Waals surface area contributed by atoms with Gasteiger partial charge in [0, 0.05) is 6.54 Å². The summed E-state index contributed by atoms with van der Waals surface area (Å²) in [4.78, 5) is 29.9. The Morgan fingerprint density at radius 1 is 1.30 bits per heavy atom. The smallest absolute Gasteiger partial charge is 0.354 e. The van der Waals surface area contributed by atoms with Gasteiger partial charge in [-0.1, -0.05) is 12.1 Å². The lowest BCUT2D eigenvalue weighted by atomic mass is 10.2. The number of nitrogens with one attached hydrogen (secondary N) is 3. The third-order valence-electron chi connectivity index (χ3n) is 2.76. The molecule has 9 nitrogen and oxygen atoms in total. The van der Waals surface area contributed by atoms with E-state index in [1.807, 2.05) is 0 Å². The number of hydrogen-bond donors (Lipinski definition) is 3. The maximum absolute atomic E-state index is 13.5. The number of halogens is 1. The van der Waals surface area contributed by atoms with Crippen LogP contribution in [0.4, 0.5) is 21.7 Å². The number of anilines is 2. The van der Waals surface area contributed by atoms with E-state index in [2.05, 4.69) is 26.1 Å². The van der Waals surface area contributed by atoms with Gasteiger partial charge in [-0.15, -0.1) is 0 Å². The van der Waals surface area contributed by atoms with E-state index in [4.69, 9.17) is 0 Å². The second kappa shape index (κ2) is 7.11.